The van der Waals surface area contributed by atoms with E-state index in [9.17, 15) is 8.42 Å². The molecule has 2 saturated heterocycles. The van der Waals surface area contributed by atoms with Gasteiger partial charge in [-0.3, -0.25) is 10.6 Å². The van der Waals surface area contributed by atoms with Crippen molar-refractivity contribution >= 4 is 28.3 Å². The maximum atomic E-state index is 12.9. The normalized spacial score (nSPS) is 25.4. The van der Waals surface area contributed by atoms with Crippen LogP contribution in [0, 0.1) is 5.92 Å². The molecule has 3 N–H and O–H groups in total. The zero-order chi connectivity index (χ0) is 23.0. The van der Waals surface area contributed by atoms with E-state index < -0.39 is 10.2 Å². The molecule has 0 aliphatic carbocycles. The average molecular weight is 507 g/mol. The molecule has 2 aromatic carbocycles. The lowest BCUT2D eigenvalue weighted by Crippen LogP contribution is -2.44. The minimum absolute atomic E-state index is 0. The van der Waals surface area contributed by atoms with Crippen LogP contribution in [0.3, 0.4) is 0 Å². The summed E-state index contributed by atoms with van der Waals surface area (Å²) in [6.07, 6.45) is 5.62. The van der Waals surface area contributed by atoms with Gasteiger partial charge < -0.3 is 4.74 Å². The van der Waals surface area contributed by atoms with E-state index in [0.717, 1.165) is 61.9 Å². The molecule has 2 aromatic rings. The van der Waals surface area contributed by atoms with Crippen LogP contribution in [0.2, 0.25) is 0 Å². The van der Waals surface area contributed by atoms with Crippen molar-refractivity contribution < 1.29 is 13.2 Å². The third-order valence-corrected chi connectivity index (χ3v) is 8.68. The largest absolute Gasteiger partial charge is 0.490 e. The van der Waals surface area contributed by atoms with Crippen LogP contribution in [0.4, 0.5) is 5.69 Å². The minimum Gasteiger partial charge on any atom is -0.490 e. The maximum absolute atomic E-state index is 12.9. The van der Waals surface area contributed by atoms with Crippen LogP contribution in [-0.2, 0) is 23.1 Å². The van der Waals surface area contributed by atoms with Gasteiger partial charge in [-0.1, -0.05) is 30.3 Å². The van der Waals surface area contributed by atoms with E-state index in [2.05, 4.69) is 35.9 Å². The van der Waals surface area contributed by atoms with Gasteiger partial charge in [0.2, 0.25) is 0 Å². The number of halogens is 1. The molecule has 1 unspecified atom stereocenters. The minimum atomic E-state index is -3.54. The first-order valence-corrected chi connectivity index (χ1v) is 13.5. The van der Waals surface area contributed by atoms with Crippen molar-refractivity contribution in [3.63, 3.8) is 0 Å². The van der Waals surface area contributed by atoms with Gasteiger partial charge in [0, 0.05) is 31.6 Å². The van der Waals surface area contributed by atoms with Gasteiger partial charge >= 0.3 is 10.2 Å². The van der Waals surface area contributed by atoms with Crippen LogP contribution in [0.1, 0.15) is 55.3 Å². The average Bonchev–Trinajstić information content (AvgIpc) is 3.44. The molecule has 0 bridgehead atoms. The molecular weight excluding hydrogens is 472 g/mol. The summed E-state index contributed by atoms with van der Waals surface area (Å²) in [7, 11) is -3.54. The van der Waals surface area contributed by atoms with Gasteiger partial charge in [-0.25, -0.2) is 5.01 Å². The summed E-state index contributed by atoms with van der Waals surface area (Å²) in [6.45, 7) is 4.10. The second kappa shape index (κ2) is 10.4. The summed E-state index contributed by atoms with van der Waals surface area (Å²) in [5.41, 5.74) is 4.00. The number of fused-ring (bicyclic) bond motifs is 1. The van der Waals surface area contributed by atoms with Gasteiger partial charge in [0.05, 0.1) is 11.7 Å². The van der Waals surface area contributed by atoms with Crippen molar-refractivity contribution in [3.05, 3.63) is 59.2 Å². The number of rotatable bonds is 6. The molecule has 0 amide bonds. The van der Waals surface area contributed by atoms with Gasteiger partial charge in [-0.05, 0) is 68.2 Å². The number of hydrazine groups is 1. The Kier molecular flexibility index (Phi) is 7.74. The lowest BCUT2D eigenvalue weighted by molar-refractivity contribution is 0.0921. The summed E-state index contributed by atoms with van der Waals surface area (Å²) < 4.78 is 36.4. The van der Waals surface area contributed by atoms with Crippen LogP contribution in [0.25, 0.3) is 0 Å². The Morgan fingerprint density at radius 1 is 1.09 bits per heavy atom. The number of nitrogens with zero attached hydrogens (tertiary/aromatic N) is 2. The van der Waals surface area contributed by atoms with Crippen molar-refractivity contribution in [1.82, 2.24) is 9.31 Å². The highest BCUT2D eigenvalue weighted by Crippen LogP contribution is 2.42. The monoisotopic (exact) mass is 506 g/mol. The van der Waals surface area contributed by atoms with Crippen LogP contribution in [0.5, 0.6) is 5.75 Å². The molecule has 0 spiro atoms. The summed E-state index contributed by atoms with van der Waals surface area (Å²) in [4.78, 5) is 0. The fraction of sp³-hybridized carbons (Fsp3) is 0.520. The smallest absolute Gasteiger partial charge is 0.301 e. The van der Waals surface area contributed by atoms with Crippen molar-refractivity contribution in [3.8, 4) is 5.75 Å². The standard InChI is InChI=1S/C25H34N4O3S.ClH/c1-18-14-21-16-23(27-33(30,31)28-11-5-6-12-28)17-22(25(21)32-18)15-20-10-7-13-29(26)24(20)19-8-3-2-4-9-19;/h2-4,8-9,16-18,20,24,27H,5-7,10-15,26H2,1H3;1H/t18?,20-,24+;/m0./s1. The topological polar surface area (TPSA) is 87.9 Å². The van der Waals surface area contributed by atoms with Gasteiger partial charge in [0.25, 0.3) is 0 Å². The molecule has 3 aliphatic heterocycles. The Hall–Kier alpha value is -1.84. The van der Waals surface area contributed by atoms with E-state index in [-0.39, 0.29) is 24.6 Å². The molecular formula is C25H35ClN4O3S. The predicted octanol–water partition coefficient (Wildman–Crippen LogP) is 4.05. The summed E-state index contributed by atoms with van der Waals surface area (Å²) in [6, 6.07) is 14.5. The first-order valence-electron chi connectivity index (χ1n) is 12.1. The zero-order valence-corrected chi connectivity index (χ0v) is 21.3. The highest BCUT2D eigenvalue weighted by atomic mass is 35.5. The second-order valence-corrected chi connectivity index (χ2v) is 11.3. The third kappa shape index (κ3) is 5.21. The van der Waals surface area contributed by atoms with Gasteiger partial charge in [0.1, 0.15) is 11.9 Å². The zero-order valence-electron chi connectivity index (χ0n) is 19.7. The third-order valence-electron chi connectivity index (χ3n) is 7.14. The SMILES string of the molecule is CC1Cc2cc(NS(=O)(=O)N3CCCC3)cc(C[C@@H]3CCCN(N)[C@@H]3c3ccccc3)c2O1.Cl. The molecule has 2 fully saturated rings. The van der Waals surface area contributed by atoms with Crippen LogP contribution in [-0.4, -0.2) is 43.5 Å². The summed E-state index contributed by atoms with van der Waals surface area (Å²) >= 11 is 0. The fourth-order valence-corrected chi connectivity index (χ4v) is 6.96. The van der Waals surface area contributed by atoms with Gasteiger partial charge in [-0.2, -0.15) is 12.7 Å². The van der Waals surface area contributed by atoms with E-state index in [1.165, 1.54) is 9.87 Å². The van der Waals surface area contributed by atoms with Gasteiger partial charge in [-0.15, -0.1) is 12.4 Å². The number of anilines is 1. The number of ether oxygens (including phenoxy) is 1. The van der Waals surface area contributed by atoms with Crippen molar-refractivity contribution in [2.45, 2.75) is 57.6 Å². The predicted molar refractivity (Wildman–Crippen MR) is 137 cm³/mol. The van der Waals surface area contributed by atoms with Crippen molar-refractivity contribution in [2.24, 2.45) is 11.8 Å². The summed E-state index contributed by atoms with van der Waals surface area (Å²) in [5.74, 6) is 7.72. The van der Waals surface area contributed by atoms with E-state index in [1.807, 2.05) is 23.2 Å². The highest BCUT2D eigenvalue weighted by molar-refractivity contribution is 7.90. The van der Waals surface area contributed by atoms with E-state index in [4.69, 9.17) is 10.6 Å². The fourth-order valence-electron chi connectivity index (χ4n) is 5.68. The molecule has 0 aromatic heterocycles. The number of piperidine rings is 1. The Labute approximate surface area is 209 Å². The molecule has 5 rings (SSSR count). The summed E-state index contributed by atoms with van der Waals surface area (Å²) in [5, 5.41) is 1.97. The van der Waals surface area contributed by atoms with Crippen LogP contribution >= 0.6 is 12.4 Å². The molecule has 7 nitrogen and oxygen atoms in total. The van der Waals surface area contributed by atoms with Crippen LogP contribution < -0.4 is 15.3 Å². The Balaban J connectivity index is 0.00000274. The molecule has 9 heteroatoms. The molecule has 0 radical (unpaired) electrons. The molecule has 34 heavy (non-hydrogen) atoms. The molecule has 0 saturated carbocycles. The molecule has 186 valence electrons. The van der Waals surface area contributed by atoms with Crippen molar-refractivity contribution in [1.29, 1.82) is 0 Å². The van der Waals surface area contributed by atoms with Crippen molar-refractivity contribution in [2.75, 3.05) is 24.4 Å². The number of hydrogen-bond donors (Lipinski definition) is 2. The van der Waals surface area contributed by atoms with E-state index in [1.54, 1.807) is 0 Å². The molecule has 3 aliphatic rings. The lowest BCUT2D eigenvalue weighted by atomic mass is 9.81. The second-order valence-electron chi connectivity index (χ2n) is 9.67. The molecule has 3 heterocycles. The number of nitrogens with one attached hydrogen (secondary N) is 1. The molecule has 3 atom stereocenters. The van der Waals surface area contributed by atoms with E-state index in [0.29, 0.717) is 24.7 Å². The number of benzene rings is 2. The Morgan fingerprint density at radius 2 is 1.82 bits per heavy atom. The number of nitrogens with two attached hydrogens (primary N) is 1. The Bertz CT molecular complexity index is 1090. The number of hydrogen-bond acceptors (Lipinski definition) is 5. The highest BCUT2D eigenvalue weighted by Gasteiger charge is 2.34. The first kappa shape index (κ1) is 25.3. The maximum Gasteiger partial charge on any atom is 0.301 e. The van der Waals surface area contributed by atoms with Crippen LogP contribution in [0.15, 0.2) is 42.5 Å². The quantitative estimate of drug-likeness (QED) is 0.577. The first-order chi connectivity index (χ1) is 15.9. The Morgan fingerprint density at radius 3 is 2.56 bits per heavy atom. The van der Waals surface area contributed by atoms with E-state index >= 15 is 0 Å². The lowest BCUT2D eigenvalue weighted by Gasteiger charge is -2.39. The van der Waals surface area contributed by atoms with Gasteiger partial charge in [0.15, 0.2) is 0 Å².